The van der Waals surface area contributed by atoms with Crippen LogP contribution in [0.1, 0.15) is 49.8 Å². The molecule has 0 aliphatic carbocycles. The predicted octanol–water partition coefficient (Wildman–Crippen LogP) is 1.05. The second-order valence-electron chi connectivity index (χ2n) is 5.00. The average molecular weight is 241 g/mol. The molecule has 0 unspecified atom stereocenters. The summed E-state index contributed by atoms with van der Waals surface area (Å²) in [4.78, 5) is 11.1. The van der Waals surface area contributed by atoms with E-state index >= 15 is 0 Å². The van der Waals surface area contributed by atoms with E-state index in [0.29, 0.717) is 18.7 Å². The molecule has 0 spiro atoms. The number of aromatic nitrogens is 3. The van der Waals surface area contributed by atoms with E-state index in [1.165, 1.54) is 0 Å². The lowest BCUT2D eigenvalue weighted by molar-refractivity contribution is 0.0687. The molecule has 17 heavy (non-hydrogen) atoms. The molecule has 6 nitrogen and oxygen atoms in total. The lowest BCUT2D eigenvalue weighted by Gasteiger charge is -2.20. The highest BCUT2D eigenvalue weighted by atomic mass is 16.4. The summed E-state index contributed by atoms with van der Waals surface area (Å²) in [7, 11) is 0. The molecule has 2 N–H and O–H groups in total. The topological polar surface area (TPSA) is 88.2 Å². The summed E-state index contributed by atoms with van der Waals surface area (Å²) in [6.07, 6.45) is 1.42. The van der Waals surface area contributed by atoms with Gasteiger partial charge in [-0.1, -0.05) is 26.0 Å². The molecule has 0 amide bonds. The van der Waals surface area contributed by atoms with Crippen LogP contribution in [0.3, 0.4) is 0 Å². The van der Waals surface area contributed by atoms with Gasteiger partial charge < -0.3 is 10.2 Å². The van der Waals surface area contributed by atoms with Gasteiger partial charge >= 0.3 is 5.97 Å². The van der Waals surface area contributed by atoms with E-state index in [0.717, 1.165) is 6.42 Å². The first kappa shape index (κ1) is 13.6. The molecule has 1 rings (SSSR count). The molecular formula is C11H19N3O3. The normalized spacial score (nSPS) is 11.8. The van der Waals surface area contributed by atoms with Crippen LogP contribution in [0.15, 0.2) is 0 Å². The molecule has 0 bridgehead atoms. The molecule has 0 aliphatic rings. The fraction of sp³-hybridized carbons (Fsp3) is 0.727. The zero-order valence-corrected chi connectivity index (χ0v) is 10.5. The van der Waals surface area contributed by atoms with Gasteiger partial charge in [-0.2, -0.15) is 0 Å². The van der Waals surface area contributed by atoms with E-state index in [9.17, 15) is 4.79 Å². The van der Waals surface area contributed by atoms with Crippen LogP contribution in [0.25, 0.3) is 0 Å². The van der Waals surface area contributed by atoms with E-state index < -0.39 is 5.97 Å². The molecule has 0 saturated heterocycles. The predicted molar refractivity (Wildman–Crippen MR) is 62.0 cm³/mol. The van der Waals surface area contributed by atoms with E-state index in [-0.39, 0.29) is 17.7 Å². The Kier molecular flexibility index (Phi) is 4.22. The third-order valence-corrected chi connectivity index (χ3v) is 2.43. The third kappa shape index (κ3) is 3.26. The minimum atomic E-state index is -1.05. The number of aryl methyl sites for hydroxylation is 1. The first-order valence-electron chi connectivity index (χ1n) is 5.66. The van der Waals surface area contributed by atoms with Crippen molar-refractivity contribution in [1.82, 2.24) is 15.0 Å². The van der Waals surface area contributed by atoms with Crippen molar-refractivity contribution in [3.63, 3.8) is 0 Å². The Hall–Kier alpha value is -1.43. The van der Waals surface area contributed by atoms with Crippen LogP contribution in [0.4, 0.5) is 0 Å². The monoisotopic (exact) mass is 241 g/mol. The smallest absolute Gasteiger partial charge is 0.358 e. The number of aliphatic hydroxyl groups is 1. The maximum Gasteiger partial charge on any atom is 0.358 e. The highest BCUT2D eigenvalue weighted by Crippen LogP contribution is 2.24. The lowest BCUT2D eigenvalue weighted by Crippen LogP contribution is -2.22. The largest absolute Gasteiger partial charge is 0.476 e. The summed E-state index contributed by atoms with van der Waals surface area (Å²) in [5.41, 5.74) is 0.320. The standard InChI is InChI=1S/C11H19N3O3/c1-11(2,3)9-8(10(16)17)12-13-14(9)6-4-5-7-15/h15H,4-7H2,1-3H3,(H,16,17). The van der Waals surface area contributed by atoms with E-state index in [2.05, 4.69) is 10.3 Å². The van der Waals surface area contributed by atoms with Crippen molar-refractivity contribution in [2.45, 2.75) is 45.6 Å². The van der Waals surface area contributed by atoms with Gasteiger partial charge in [0.05, 0.1) is 5.69 Å². The Balaban J connectivity index is 3.01. The van der Waals surface area contributed by atoms with Crippen LogP contribution in [0, 0.1) is 0 Å². The molecule has 0 atom stereocenters. The van der Waals surface area contributed by atoms with Gasteiger partial charge in [-0.15, -0.1) is 5.10 Å². The minimum Gasteiger partial charge on any atom is -0.476 e. The van der Waals surface area contributed by atoms with Crippen LogP contribution in [0.5, 0.6) is 0 Å². The molecule has 0 fully saturated rings. The van der Waals surface area contributed by atoms with Crippen molar-refractivity contribution in [2.24, 2.45) is 0 Å². The van der Waals surface area contributed by atoms with Crippen LogP contribution < -0.4 is 0 Å². The van der Waals surface area contributed by atoms with Crippen molar-refractivity contribution in [2.75, 3.05) is 6.61 Å². The molecular weight excluding hydrogens is 222 g/mol. The van der Waals surface area contributed by atoms with E-state index in [1.54, 1.807) is 4.68 Å². The third-order valence-electron chi connectivity index (χ3n) is 2.43. The maximum absolute atomic E-state index is 11.1. The van der Waals surface area contributed by atoms with Gasteiger partial charge in [0.1, 0.15) is 0 Å². The summed E-state index contributed by atoms with van der Waals surface area (Å²) >= 11 is 0. The number of unbranched alkanes of at least 4 members (excludes halogenated alkanes) is 1. The number of carboxylic acid groups (broad SMARTS) is 1. The zero-order chi connectivity index (χ0) is 13.1. The Morgan fingerprint density at radius 1 is 1.35 bits per heavy atom. The molecule has 0 aromatic carbocycles. The van der Waals surface area contributed by atoms with E-state index in [1.807, 2.05) is 20.8 Å². The Bertz CT molecular complexity index is 393. The number of rotatable bonds is 5. The maximum atomic E-state index is 11.1. The van der Waals surface area contributed by atoms with Crippen molar-refractivity contribution in [3.8, 4) is 0 Å². The zero-order valence-electron chi connectivity index (χ0n) is 10.5. The summed E-state index contributed by atoms with van der Waals surface area (Å²) in [6.45, 7) is 6.50. The molecule has 1 aromatic rings. The number of aromatic carboxylic acids is 1. The number of nitrogens with zero attached hydrogens (tertiary/aromatic N) is 3. The van der Waals surface area contributed by atoms with Gasteiger partial charge in [0.25, 0.3) is 0 Å². The van der Waals surface area contributed by atoms with Gasteiger partial charge in [0, 0.05) is 18.6 Å². The Labute approximate surface area is 100 Å². The second kappa shape index (κ2) is 5.27. The lowest BCUT2D eigenvalue weighted by atomic mass is 9.90. The van der Waals surface area contributed by atoms with Crippen molar-refractivity contribution in [1.29, 1.82) is 0 Å². The highest BCUT2D eigenvalue weighted by molar-refractivity contribution is 5.86. The quantitative estimate of drug-likeness (QED) is 0.752. The molecule has 6 heteroatoms. The Morgan fingerprint density at radius 3 is 2.47 bits per heavy atom. The molecule has 1 heterocycles. The van der Waals surface area contributed by atoms with Crippen LogP contribution >= 0.6 is 0 Å². The highest BCUT2D eigenvalue weighted by Gasteiger charge is 2.28. The fourth-order valence-corrected chi connectivity index (χ4v) is 1.73. The number of hydrogen-bond acceptors (Lipinski definition) is 4. The first-order chi connectivity index (χ1) is 7.88. The molecule has 0 radical (unpaired) electrons. The van der Waals surface area contributed by atoms with Gasteiger partial charge in [0.2, 0.25) is 0 Å². The van der Waals surface area contributed by atoms with Gasteiger partial charge in [-0.05, 0) is 12.8 Å². The van der Waals surface area contributed by atoms with Crippen LogP contribution in [-0.4, -0.2) is 37.8 Å². The van der Waals surface area contributed by atoms with Crippen molar-refractivity contribution in [3.05, 3.63) is 11.4 Å². The fourth-order valence-electron chi connectivity index (χ4n) is 1.73. The summed E-state index contributed by atoms with van der Waals surface area (Å²) in [5, 5.41) is 25.4. The minimum absolute atomic E-state index is 0.0153. The molecule has 0 aliphatic heterocycles. The van der Waals surface area contributed by atoms with Gasteiger partial charge in [-0.3, -0.25) is 0 Å². The number of carboxylic acids is 1. The van der Waals surface area contributed by atoms with Crippen molar-refractivity contribution >= 4 is 5.97 Å². The molecule has 1 aromatic heterocycles. The number of aliphatic hydroxyl groups excluding tert-OH is 1. The van der Waals surface area contributed by atoms with Gasteiger partial charge in [0.15, 0.2) is 5.69 Å². The van der Waals surface area contributed by atoms with E-state index in [4.69, 9.17) is 10.2 Å². The number of carbonyl (C=O) groups is 1. The molecule has 0 saturated carbocycles. The summed E-state index contributed by atoms with van der Waals surface area (Å²) in [6, 6.07) is 0. The number of hydrogen-bond donors (Lipinski definition) is 2. The summed E-state index contributed by atoms with van der Waals surface area (Å²) < 4.78 is 1.62. The second-order valence-corrected chi connectivity index (χ2v) is 5.00. The van der Waals surface area contributed by atoms with Gasteiger partial charge in [-0.25, -0.2) is 9.48 Å². The first-order valence-corrected chi connectivity index (χ1v) is 5.66. The molecule has 96 valence electrons. The average Bonchev–Trinajstić information content (AvgIpc) is 2.61. The van der Waals surface area contributed by atoms with Crippen LogP contribution in [0.2, 0.25) is 0 Å². The van der Waals surface area contributed by atoms with Crippen molar-refractivity contribution < 1.29 is 15.0 Å². The Morgan fingerprint density at radius 2 is 2.00 bits per heavy atom. The summed E-state index contributed by atoms with van der Waals surface area (Å²) in [5.74, 6) is -1.05. The SMILES string of the molecule is CC(C)(C)c1c(C(=O)O)nnn1CCCCO. The van der Waals surface area contributed by atoms with Crippen LogP contribution in [-0.2, 0) is 12.0 Å².